The number of hydrogen-bond acceptors (Lipinski definition) is 5. The van der Waals surface area contributed by atoms with Crippen molar-refractivity contribution in [2.24, 2.45) is 0 Å². The summed E-state index contributed by atoms with van der Waals surface area (Å²) in [5, 5.41) is 30.5. The predicted molar refractivity (Wildman–Crippen MR) is 127 cm³/mol. The van der Waals surface area contributed by atoms with Crippen LogP contribution in [0, 0.1) is 0 Å². The van der Waals surface area contributed by atoms with Crippen molar-refractivity contribution >= 4 is 12.2 Å². The van der Waals surface area contributed by atoms with Gasteiger partial charge in [-0.3, -0.25) is 0 Å². The van der Waals surface area contributed by atoms with Gasteiger partial charge in [-0.2, -0.15) is 0 Å². The minimum Gasteiger partial charge on any atom is -0.508 e. The molecule has 164 valence electrons. The van der Waals surface area contributed by atoms with Crippen LogP contribution in [0.5, 0.6) is 40.2 Å². The third-order valence-electron chi connectivity index (χ3n) is 5.51. The molecule has 33 heavy (non-hydrogen) atoms. The van der Waals surface area contributed by atoms with Crippen molar-refractivity contribution in [2.45, 2.75) is 12.8 Å². The molecule has 0 amide bonds. The van der Waals surface area contributed by atoms with Crippen LogP contribution in [0.4, 0.5) is 0 Å². The molecule has 0 aliphatic carbocycles. The molecule has 0 aromatic heterocycles. The van der Waals surface area contributed by atoms with Crippen molar-refractivity contribution in [2.75, 3.05) is 0 Å². The molecule has 2 aliphatic rings. The van der Waals surface area contributed by atoms with E-state index >= 15 is 0 Å². The van der Waals surface area contributed by atoms with Crippen LogP contribution in [0.1, 0.15) is 22.3 Å². The van der Waals surface area contributed by atoms with Gasteiger partial charge >= 0.3 is 0 Å². The van der Waals surface area contributed by atoms with E-state index < -0.39 is 0 Å². The minimum absolute atomic E-state index is 0.110. The van der Waals surface area contributed by atoms with Crippen molar-refractivity contribution in [1.29, 1.82) is 0 Å². The molecular formula is C28H22O5. The van der Waals surface area contributed by atoms with E-state index in [0.29, 0.717) is 28.4 Å². The van der Waals surface area contributed by atoms with Crippen LogP contribution in [0.25, 0.3) is 12.2 Å². The molecule has 6 rings (SSSR count). The molecular weight excluding hydrogens is 416 g/mol. The zero-order valence-electron chi connectivity index (χ0n) is 17.7. The van der Waals surface area contributed by atoms with Crippen molar-refractivity contribution in [3.63, 3.8) is 0 Å². The third-order valence-corrected chi connectivity index (χ3v) is 5.51. The van der Waals surface area contributed by atoms with Crippen LogP contribution >= 0.6 is 0 Å². The van der Waals surface area contributed by atoms with Gasteiger partial charge in [-0.1, -0.05) is 36.4 Å². The molecule has 0 unspecified atom stereocenters. The fourth-order valence-corrected chi connectivity index (χ4v) is 3.76. The van der Waals surface area contributed by atoms with Crippen LogP contribution < -0.4 is 9.47 Å². The molecule has 0 fully saturated rings. The van der Waals surface area contributed by atoms with Crippen LogP contribution in [-0.4, -0.2) is 15.3 Å². The maximum atomic E-state index is 10.3. The first-order valence-electron chi connectivity index (χ1n) is 10.6. The number of phenols is 3. The van der Waals surface area contributed by atoms with E-state index in [1.165, 1.54) is 6.07 Å². The number of hydrogen-bond donors (Lipinski definition) is 3. The summed E-state index contributed by atoms with van der Waals surface area (Å²) in [5.74, 6) is 1.48. The summed E-state index contributed by atoms with van der Waals surface area (Å²) >= 11 is 0. The second-order valence-corrected chi connectivity index (χ2v) is 7.94. The van der Waals surface area contributed by atoms with E-state index in [2.05, 4.69) is 6.07 Å². The number of fused-ring (bicyclic) bond motifs is 3. The average Bonchev–Trinajstić information content (AvgIpc) is 2.81. The SMILES string of the molecule is Oc1ccc2c(c1)C=Cc1cc(O)c(O)c(c1)Oc1ccc(cc1)CCc1cccc(c1)O2. The molecule has 5 heteroatoms. The van der Waals surface area contributed by atoms with Crippen molar-refractivity contribution in [3.8, 4) is 40.2 Å². The van der Waals surface area contributed by atoms with Crippen molar-refractivity contribution in [1.82, 2.24) is 0 Å². The lowest BCUT2D eigenvalue weighted by Gasteiger charge is -2.13. The number of aromatic hydroxyl groups is 3. The Kier molecular flexibility index (Phi) is 5.37. The van der Waals surface area contributed by atoms with E-state index in [1.807, 2.05) is 42.5 Å². The van der Waals surface area contributed by atoms with Gasteiger partial charge in [-0.15, -0.1) is 0 Å². The summed E-state index contributed by atoms with van der Waals surface area (Å²) in [6.07, 6.45) is 5.21. The first kappa shape index (κ1) is 20.5. The summed E-state index contributed by atoms with van der Waals surface area (Å²) in [7, 11) is 0. The maximum Gasteiger partial charge on any atom is 0.201 e. The van der Waals surface area contributed by atoms with Crippen molar-refractivity contribution < 1.29 is 24.8 Å². The standard InChI is InChI=1S/C28H22O5/c29-22-10-13-26-21(17-22)9-6-20-15-25(30)28(31)27(16-20)32-23-11-7-18(8-12-23)4-5-19-2-1-3-24(14-19)33-26/h1-3,6-17,29-31H,4-5H2. The molecule has 2 aliphatic heterocycles. The lowest BCUT2D eigenvalue weighted by molar-refractivity contribution is 0.372. The Morgan fingerprint density at radius 3 is 2.24 bits per heavy atom. The van der Waals surface area contributed by atoms with Crippen molar-refractivity contribution in [3.05, 3.63) is 101 Å². The molecule has 0 atom stereocenters. The Morgan fingerprint density at radius 2 is 1.39 bits per heavy atom. The zero-order valence-corrected chi connectivity index (χ0v) is 17.7. The summed E-state index contributed by atoms with van der Waals surface area (Å²) in [5.41, 5.74) is 3.57. The Balaban J connectivity index is 1.62. The normalized spacial score (nSPS) is 12.7. The molecule has 3 N–H and O–H groups in total. The van der Waals surface area contributed by atoms with Gasteiger partial charge < -0.3 is 24.8 Å². The molecule has 0 spiro atoms. The zero-order chi connectivity index (χ0) is 22.8. The van der Waals surface area contributed by atoms with E-state index in [1.54, 1.807) is 36.4 Å². The summed E-state index contributed by atoms with van der Waals surface area (Å²) in [4.78, 5) is 0. The largest absolute Gasteiger partial charge is 0.508 e. The highest BCUT2D eigenvalue weighted by molar-refractivity contribution is 5.75. The molecule has 4 aromatic carbocycles. The molecule has 6 bridgehead atoms. The fourth-order valence-electron chi connectivity index (χ4n) is 3.76. The molecule has 5 nitrogen and oxygen atoms in total. The smallest absolute Gasteiger partial charge is 0.201 e. The summed E-state index contributed by atoms with van der Waals surface area (Å²) in [6, 6.07) is 23.6. The van der Waals surface area contributed by atoms with E-state index in [0.717, 1.165) is 24.0 Å². The number of phenolic OH excluding ortho intramolecular Hbond substituents is 3. The van der Waals surface area contributed by atoms with Crippen LogP contribution in [-0.2, 0) is 12.8 Å². The molecule has 4 aromatic rings. The highest BCUT2D eigenvalue weighted by Crippen LogP contribution is 2.40. The predicted octanol–water partition coefficient (Wildman–Crippen LogP) is 6.66. The lowest BCUT2D eigenvalue weighted by atomic mass is 10.0. The maximum absolute atomic E-state index is 10.3. The van der Waals surface area contributed by atoms with E-state index in [-0.39, 0.29) is 23.0 Å². The fraction of sp³-hybridized carbons (Fsp3) is 0.0714. The van der Waals surface area contributed by atoms with Gasteiger partial charge in [-0.25, -0.2) is 0 Å². The molecule has 0 radical (unpaired) electrons. The van der Waals surface area contributed by atoms with Gasteiger partial charge in [0.2, 0.25) is 5.75 Å². The lowest BCUT2D eigenvalue weighted by Crippen LogP contribution is -1.94. The monoisotopic (exact) mass is 438 g/mol. The van der Waals surface area contributed by atoms with Gasteiger partial charge in [0, 0.05) is 5.56 Å². The van der Waals surface area contributed by atoms with Gasteiger partial charge in [0.05, 0.1) is 0 Å². The topological polar surface area (TPSA) is 79.2 Å². The second-order valence-electron chi connectivity index (χ2n) is 7.94. The Morgan fingerprint density at radius 1 is 0.606 bits per heavy atom. The molecule has 0 saturated carbocycles. The van der Waals surface area contributed by atoms with Gasteiger partial charge in [0.25, 0.3) is 0 Å². The van der Waals surface area contributed by atoms with Gasteiger partial charge in [0.15, 0.2) is 11.5 Å². The first-order chi connectivity index (χ1) is 16.0. The minimum atomic E-state index is -0.328. The van der Waals surface area contributed by atoms with Crippen LogP contribution in [0.2, 0.25) is 0 Å². The quantitative estimate of drug-likeness (QED) is 0.268. The van der Waals surface area contributed by atoms with E-state index in [4.69, 9.17) is 9.47 Å². The third kappa shape index (κ3) is 4.62. The van der Waals surface area contributed by atoms with Gasteiger partial charge in [-0.05, 0) is 84.1 Å². The number of ether oxygens (including phenoxy) is 2. The Hall–Kier alpha value is -4.38. The van der Waals surface area contributed by atoms with Crippen LogP contribution in [0.3, 0.4) is 0 Å². The van der Waals surface area contributed by atoms with Crippen LogP contribution in [0.15, 0.2) is 78.9 Å². The number of rotatable bonds is 0. The summed E-state index contributed by atoms with van der Waals surface area (Å²) in [6.45, 7) is 0. The number of benzene rings is 4. The Labute approximate surface area is 191 Å². The van der Waals surface area contributed by atoms with E-state index in [9.17, 15) is 15.3 Å². The molecule has 0 saturated heterocycles. The number of aryl methyl sites for hydroxylation is 2. The highest BCUT2D eigenvalue weighted by Gasteiger charge is 2.12. The molecule has 2 heterocycles. The Bertz CT molecular complexity index is 1340. The summed E-state index contributed by atoms with van der Waals surface area (Å²) < 4.78 is 12.0. The first-order valence-corrected chi connectivity index (χ1v) is 10.6. The second kappa shape index (κ2) is 8.63. The highest BCUT2D eigenvalue weighted by atomic mass is 16.5. The average molecular weight is 438 g/mol. The van der Waals surface area contributed by atoms with Gasteiger partial charge in [0.1, 0.15) is 23.0 Å².